The Morgan fingerprint density at radius 1 is 0.885 bits per heavy atom. The van der Waals surface area contributed by atoms with E-state index >= 15 is 0 Å². The van der Waals surface area contributed by atoms with Crippen LogP contribution in [0.3, 0.4) is 0 Å². The minimum absolute atomic E-state index is 0.00593. The van der Waals surface area contributed by atoms with Crippen LogP contribution in [0.25, 0.3) is 0 Å². The Morgan fingerprint density at radius 3 is 2.15 bits per heavy atom. The van der Waals surface area contributed by atoms with E-state index in [9.17, 15) is 22.8 Å². The fraction of sp³-hybridized carbons (Fsp3) is 0.333. The molecule has 0 aliphatic heterocycles. The summed E-state index contributed by atoms with van der Waals surface area (Å²) < 4.78 is 28.6. The lowest BCUT2D eigenvalue weighted by molar-refractivity contribution is -0.122. The third-order valence-electron chi connectivity index (χ3n) is 8.86. The van der Waals surface area contributed by atoms with E-state index < -0.39 is 33.9 Å². The zero-order chi connectivity index (χ0) is 37.3. The first-order valence-corrected chi connectivity index (χ1v) is 19.9. The van der Waals surface area contributed by atoms with Crippen molar-refractivity contribution in [1.29, 1.82) is 0 Å². The number of nitrogens with zero attached hydrogens (tertiary/aromatic N) is 2. The number of carbonyl (C=O) groups is 3. The molecule has 4 aromatic rings. The summed E-state index contributed by atoms with van der Waals surface area (Å²) in [4.78, 5) is 45.0. The van der Waals surface area contributed by atoms with E-state index in [-0.39, 0.29) is 41.9 Å². The normalized spacial score (nSPS) is 14.5. The molecule has 0 bridgehead atoms. The number of hydrogen-bond acceptors (Lipinski definition) is 7. The van der Waals surface area contributed by atoms with Crippen molar-refractivity contribution in [3.05, 3.63) is 130 Å². The highest BCUT2D eigenvalue weighted by Crippen LogP contribution is 2.28. The molecule has 1 heterocycles. The van der Waals surface area contributed by atoms with Crippen molar-refractivity contribution >= 4 is 49.4 Å². The minimum Gasteiger partial charge on any atom is -0.354 e. The van der Waals surface area contributed by atoms with Crippen LogP contribution in [-0.4, -0.2) is 62.6 Å². The van der Waals surface area contributed by atoms with Crippen molar-refractivity contribution in [3.8, 4) is 0 Å². The van der Waals surface area contributed by atoms with Gasteiger partial charge in [-0.15, -0.1) is 0 Å². The van der Waals surface area contributed by atoms with E-state index in [4.69, 9.17) is 0 Å². The zero-order valence-electron chi connectivity index (χ0n) is 29.5. The van der Waals surface area contributed by atoms with Crippen molar-refractivity contribution < 1.29 is 22.8 Å². The highest BCUT2D eigenvalue weighted by atomic mass is 79.9. The Kier molecular flexibility index (Phi) is 13.2. The SMILES string of the molecule is C[C@H](NC[C@H](Cc1ccccn1)NC(=O)c1cc(C(=O)N[C@H](C)c2ccc(Br)cc2)cc(N(Cc2ccccc2)S(C)(=O)=O)c1)C(=O)NCC1CC1. The van der Waals surface area contributed by atoms with Crippen molar-refractivity contribution in [1.82, 2.24) is 26.3 Å². The number of rotatable bonds is 17. The van der Waals surface area contributed by atoms with Crippen molar-refractivity contribution in [2.45, 2.75) is 57.8 Å². The van der Waals surface area contributed by atoms with Gasteiger partial charge in [0.05, 0.1) is 30.6 Å². The molecule has 0 unspecified atom stereocenters. The van der Waals surface area contributed by atoms with E-state index in [1.54, 1.807) is 19.2 Å². The Morgan fingerprint density at radius 2 is 1.54 bits per heavy atom. The Hall–Kier alpha value is -4.59. The predicted octanol–water partition coefficient (Wildman–Crippen LogP) is 5.15. The molecule has 274 valence electrons. The summed E-state index contributed by atoms with van der Waals surface area (Å²) >= 11 is 3.43. The molecule has 0 spiro atoms. The Balaban J connectivity index is 1.43. The number of pyridine rings is 1. The molecular weight excluding hydrogens is 744 g/mol. The van der Waals surface area contributed by atoms with E-state index in [1.807, 2.05) is 73.7 Å². The van der Waals surface area contributed by atoms with Gasteiger partial charge in [0, 0.05) is 53.0 Å². The molecule has 52 heavy (non-hydrogen) atoms. The maximum Gasteiger partial charge on any atom is 0.251 e. The van der Waals surface area contributed by atoms with Gasteiger partial charge in [-0.2, -0.15) is 0 Å². The second kappa shape index (κ2) is 17.8. The van der Waals surface area contributed by atoms with Crippen LogP contribution in [-0.2, 0) is 27.8 Å². The number of aromatic nitrogens is 1. The smallest absolute Gasteiger partial charge is 0.251 e. The number of carbonyl (C=O) groups excluding carboxylic acids is 3. The first-order chi connectivity index (χ1) is 24.9. The molecule has 1 aliphatic carbocycles. The number of anilines is 1. The lowest BCUT2D eigenvalue weighted by Gasteiger charge is -2.25. The van der Waals surface area contributed by atoms with E-state index in [1.165, 1.54) is 22.5 Å². The molecule has 1 saturated carbocycles. The number of hydrogen-bond donors (Lipinski definition) is 4. The van der Waals surface area contributed by atoms with Crippen LogP contribution < -0.4 is 25.6 Å². The molecule has 5 rings (SSSR count). The maximum atomic E-state index is 14.1. The van der Waals surface area contributed by atoms with Gasteiger partial charge in [-0.1, -0.05) is 64.5 Å². The van der Waals surface area contributed by atoms with Gasteiger partial charge < -0.3 is 21.3 Å². The summed E-state index contributed by atoms with van der Waals surface area (Å²) in [7, 11) is -3.86. The molecular formula is C39H45BrN6O5S. The molecule has 0 saturated heterocycles. The molecule has 13 heteroatoms. The molecule has 1 aliphatic rings. The number of amides is 3. The van der Waals surface area contributed by atoms with Gasteiger partial charge >= 0.3 is 0 Å². The molecule has 4 N–H and O–H groups in total. The maximum absolute atomic E-state index is 14.1. The summed E-state index contributed by atoms with van der Waals surface area (Å²) in [6, 6.07) is 25.2. The average Bonchev–Trinajstić information content (AvgIpc) is 3.97. The molecule has 0 radical (unpaired) electrons. The second-order valence-electron chi connectivity index (χ2n) is 13.3. The average molecular weight is 790 g/mol. The molecule has 3 atom stereocenters. The summed E-state index contributed by atoms with van der Waals surface area (Å²) in [6.07, 6.45) is 5.38. The van der Waals surface area contributed by atoms with Crippen LogP contribution in [0.1, 0.15) is 70.3 Å². The monoisotopic (exact) mass is 788 g/mol. The highest BCUT2D eigenvalue weighted by molar-refractivity contribution is 9.10. The first kappa shape index (κ1) is 38.6. The lowest BCUT2D eigenvalue weighted by Crippen LogP contribution is -2.49. The largest absolute Gasteiger partial charge is 0.354 e. The van der Waals surface area contributed by atoms with Crippen molar-refractivity contribution in [3.63, 3.8) is 0 Å². The number of sulfonamides is 1. The molecule has 3 amide bonds. The second-order valence-corrected chi connectivity index (χ2v) is 16.1. The minimum atomic E-state index is -3.86. The molecule has 1 fully saturated rings. The van der Waals surface area contributed by atoms with Crippen molar-refractivity contribution in [2.75, 3.05) is 23.7 Å². The summed E-state index contributed by atoms with van der Waals surface area (Å²) in [6.45, 7) is 4.52. The quantitative estimate of drug-likeness (QED) is 0.116. The zero-order valence-corrected chi connectivity index (χ0v) is 31.9. The van der Waals surface area contributed by atoms with E-state index in [2.05, 4.69) is 42.2 Å². The summed E-state index contributed by atoms with van der Waals surface area (Å²) in [5.74, 6) is -0.559. The van der Waals surface area contributed by atoms with Crippen LogP contribution >= 0.6 is 15.9 Å². The third kappa shape index (κ3) is 11.5. The summed E-state index contributed by atoms with van der Waals surface area (Å²) in [5, 5.41) is 12.3. The first-order valence-electron chi connectivity index (χ1n) is 17.3. The molecule has 3 aromatic carbocycles. The fourth-order valence-corrected chi connectivity index (χ4v) is 6.76. The number of halogens is 1. The van der Waals surface area contributed by atoms with Crippen molar-refractivity contribution in [2.24, 2.45) is 5.92 Å². The van der Waals surface area contributed by atoms with Gasteiger partial charge in [0.25, 0.3) is 11.8 Å². The van der Waals surface area contributed by atoms with Gasteiger partial charge in [0.15, 0.2) is 0 Å². The summed E-state index contributed by atoms with van der Waals surface area (Å²) in [5.41, 5.74) is 2.72. The van der Waals surface area contributed by atoms with Gasteiger partial charge in [-0.05, 0) is 86.2 Å². The van der Waals surface area contributed by atoms with Crippen LogP contribution in [0, 0.1) is 5.92 Å². The fourth-order valence-electron chi connectivity index (χ4n) is 5.63. The van der Waals surface area contributed by atoms with Gasteiger partial charge in [-0.3, -0.25) is 23.7 Å². The number of benzene rings is 3. The van der Waals surface area contributed by atoms with Crippen LogP contribution in [0.15, 0.2) is 102 Å². The van der Waals surface area contributed by atoms with Crippen LogP contribution in [0.4, 0.5) is 5.69 Å². The Labute approximate surface area is 314 Å². The topological polar surface area (TPSA) is 150 Å². The van der Waals surface area contributed by atoms with Gasteiger partial charge in [0.1, 0.15) is 0 Å². The standard InChI is InChI=1S/C39H45BrN6O5S/c1-26(30-14-16-33(40)17-15-30)44-38(48)31-19-32(21-36(20-31)46(52(3,50)51)25-29-9-5-4-6-10-29)39(49)45-35(22-34-11-7-8-18-41-34)24-42-27(2)37(47)43-23-28-12-13-28/h4-11,14-21,26-28,35,42H,12-13,22-25H2,1-3H3,(H,43,47)(H,44,48)(H,45,49)/t26-,27+,35+/m1/s1. The van der Waals surface area contributed by atoms with E-state index in [0.717, 1.165) is 40.4 Å². The third-order valence-corrected chi connectivity index (χ3v) is 10.5. The van der Waals surface area contributed by atoms with Gasteiger partial charge in [0.2, 0.25) is 15.9 Å². The predicted molar refractivity (Wildman–Crippen MR) is 206 cm³/mol. The van der Waals surface area contributed by atoms with Crippen LogP contribution in [0.5, 0.6) is 0 Å². The molecule has 11 nitrogen and oxygen atoms in total. The molecule has 1 aromatic heterocycles. The lowest BCUT2D eigenvalue weighted by atomic mass is 10.0. The van der Waals surface area contributed by atoms with E-state index in [0.29, 0.717) is 18.9 Å². The highest BCUT2D eigenvalue weighted by Gasteiger charge is 2.26. The van der Waals surface area contributed by atoms with Gasteiger partial charge in [-0.25, -0.2) is 8.42 Å². The number of nitrogens with one attached hydrogen (secondary N) is 4. The van der Waals surface area contributed by atoms with Crippen LogP contribution in [0.2, 0.25) is 0 Å². The Bertz CT molecular complexity index is 1940.